The Labute approximate surface area is 122 Å². The maximum atomic E-state index is 5.93. The van der Waals surface area contributed by atoms with E-state index in [0.29, 0.717) is 6.04 Å². The summed E-state index contributed by atoms with van der Waals surface area (Å²) in [5.74, 6) is 0.730. The molecule has 0 heterocycles. The molecule has 110 valence electrons. The van der Waals surface area contributed by atoms with Crippen molar-refractivity contribution in [3.8, 4) is 0 Å². The molecule has 1 fully saturated rings. The molecule has 0 saturated heterocycles. The number of nitrogens with one attached hydrogen (secondary N) is 1. The van der Waals surface area contributed by atoms with Crippen molar-refractivity contribution in [2.75, 3.05) is 13.7 Å². The third-order valence-electron chi connectivity index (χ3n) is 5.36. The van der Waals surface area contributed by atoms with Gasteiger partial charge in [0.15, 0.2) is 0 Å². The summed E-state index contributed by atoms with van der Waals surface area (Å²) in [5, 5.41) is 3.77. The lowest BCUT2D eigenvalue weighted by molar-refractivity contribution is -0.101. The number of methoxy groups -OCH3 is 1. The van der Waals surface area contributed by atoms with Gasteiger partial charge >= 0.3 is 0 Å². The zero-order chi connectivity index (χ0) is 14.0. The highest BCUT2D eigenvalue weighted by atomic mass is 16.5. The van der Waals surface area contributed by atoms with Crippen LogP contribution in [0.3, 0.4) is 0 Å². The molecule has 2 heteroatoms. The van der Waals surface area contributed by atoms with E-state index < -0.39 is 0 Å². The second kappa shape index (κ2) is 5.87. The minimum atomic E-state index is 0.111. The van der Waals surface area contributed by atoms with Crippen LogP contribution in [0.15, 0.2) is 24.3 Å². The van der Waals surface area contributed by atoms with Crippen molar-refractivity contribution < 1.29 is 4.74 Å². The first-order chi connectivity index (χ1) is 9.79. The van der Waals surface area contributed by atoms with Crippen LogP contribution in [0.1, 0.15) is 56.1 Å². The monoisotopic (exact) mass is 273 g/mol. The summed E-state index contributed by atoms with van der Waals surface area (Å²) in [5.41, 5.74) is 3.23. The van der Waals surface area contributed by atoms with Crippen LogP contribution in [-0.4, -0.2) is 25.3 Å². The summed E-state index contributed by atoms with van der Waals surface area (Å²) < 4.78 is 5.93. The zero-order valence-corrected chi connectivity index (χ0v) is 12.8. The van der Waals surface area contributed by atoms with Crippen LogP contribution in [0, 0.1) is 0 Å². The van der Waals surface area contributed by atoms with Crippen molar-refractivity contribution in [3.63, 3.8) is 0 Å². The number of ether oxygens (including phenoxy) is 1. The summed E-state index contributed by atoms with van der Waals surface area (Å²) in [6.45, 7) is 3.34. The second-order valence-electron chi connectivity index (χ2n) is 6.46. The number of hydrogen-bond donors (Lipinski definition) is 1. The average molecular weight is 273 g/mol. The van der Waals surface area contributed by atoms with Gasteiger partial charge in [-0.3, -0.25) is 0 Å². The molecule has 2 aliphatic carbocycles. The lowest BCUT2D eigenvalue weighted by Crippen LogP contribution is -2.57. The van der Waals surface area contributed by atoms with Crippen molar-refractivity contribution in [1.29, 1.82) is 0 Å². The highest BCUT2D eigenvalue weighted by Crippen LogP contribution is 2.44. The van der Waals surface area contributed by atoms with Crippen molar-refractivity contribution in [2.45, 2.75) is 63.0 Å². The summed E-state index contributed by atoms with van der Waals surface area (Å²) >= 11 is 0. The molecule has 0 amide bonds. The van der Waals surface area contributed by atoms with Crippen molar-refractivity contribution in [3.05, 3.63) is 35.4 Å². The van der Waals surface area contributed by atoms with Gasteiger partial charge in [0.2, 0.25) is 0 Å². The Balaban J connectivity index is 1.68. The van der Waals surface area contributed by atoms with Crippen LogP contribution < -0.4 is 5.32 Å². The van der Waals surface area contributed by atoms with Crippen molar-refractivity contribution in [1.82, 2.24) is 5.32 Å². The van der Waals surface area contributed by atoms with Crippen LogP contribution >= 0.6 is 0 Å². The van der Waals surface area contributed by atoms with Gasteiger partial charge in [-0.25, -0.2) is 0 Å². The second-order valence-corrected chi connectivity index (χ2v) is 6.46. The molecule has 0 aromatic heterocycles. The molecular formula is C18H27NO. The molecule has 2 aliphatic rings. The molecule has 3 rings (SSSR count). The van der Waals surface area contributed by atoms with E-state index in [0.717, 1.165) is 12.5 Å². The van der Waals surface area contributed by atoms with Gasteiger partial charge in [-0.05, 0) is 62.1 Å². The number of rotatable bonds is 7. The minimum absolute atomic E-state index is 0.111. The van der Waals surface area contributed by atoms with Crippen LogP contribution in [0.2, 0.25) is 0 Å². The zero-order valence-electron chi connectivity index (χ0n) is 12.8. The molecule has 1 aromatic rings. The number of hydrogen-bond acceptors (Lipinski definition) is 2. The first kappa shape index (κ1) is 14.1. The number of fused-ring (bicyclic) bond motifs is 1. The normalized spacial score (nSPS) is 24.4. The van der Waals surface area contributed by atoms with E-state index in [9.17, 15) is 0 Å². The van der Waals surface area contributed by atoms with Gasteiger partial charge in [0, 0.05) is 13.2 Å². The lowest BCUT2D eigenvalue weighted by Gasteiger charge is -2.49. The van der Waals surface area contributed by atoms with Crippen LogP contribution in [0.4, 0.5) is 0 Å². The van der Waals surface area contributed by atoms with Crippen molar-refractivity contribution in [2.24, 2.45) is 0 Å². The molecule has 2 unspecified atom stereocenters. The summed E-state index contributed by atoms with van der Waals surface area (Å²) in [6, 6.07) is 9.43. The quantitative estimate of drug-likeness (QED) is 0.818. The first-order valence-electron chi connectivity index (χ1n) is 8.15. The molecular weight excluding hydrogens is 246 g/mol. The largest absolute Gasteiger partial charge is 0.377 e. The van der Waals surface area contributed by atoms with Gasteiger partial charge in [-0.2, -0.15) is 0 Å². The van der Waals surface area contributed by atoms with E-state index in [1.54, 1.807) is 11.1 Å². The van der Waals surface area contributed by atoms with E-state index in [1.807, 2.05) is 7.11 Å². The molecule has 0 radical (unpaired) electrons. The lowest BCUT2D eigenvalue weighted by atomic mass is 9.67. The van der Waals surface area contributed by atoms with E-state index in [1.165, 1.54) is 38.5 Å². The third-order valence-corrected chi connectivity index (χ3v) is 5.36. The summed E-state index contributed by atoms with van der Waals surface area (Å²) in [7, 11) is 1.90. The standard InChI is InChI=1S/C18H27NO/c1-3-11-19-17(18(20-2)9-6-10-18)13-15-12-14-7-4-5-8-16(14)15/h4-5,7-8,15,17,19H,3,6,9-13H2,1-2H3. The van der Waals surface area contributed by atoms with E-state index in [4.69, 9.17) is 4.74 Å². The average Bonchev–Trinajstić information content (AvgIpc) is 2.40. The van der Waals surface area contributed by atoms with Gasteiger partial charge in [-0.15, -0.1) is 0 Å². The van der Waals surface area contributed by atoms with Crippen LogP contribution in [0.5, 0.6) is 0 Å². The van der Waals surface area contributed by atoms with Crippen LogP contribution in [0.25, 0.3) is 0 Å². The SMILES string of the molecule is CCCNC(CC1Cc2ccccc21)C1(OC)CCC1. The summed E-state index contributed by atoms with van der Waals surface area (Å²) in [6.07, 6.45) is 7.43. The molecule has 1 aromatic carbocycles. The molecule has 0 aliphatic heterocycles. The maximum Gasteiger partial charge on any atom is 0.0831 e. The molecule has 20 heavy (non-hydrogen) atoms. The predicted molar refractivity (Wildman–Crippen MR) is 83.2 cm³/mol. The Bertz CT molecular complexity index is 447. The van der Waals surface area contributed by atoms with E-state index in [-0.39, 0.29) is 5.60 Å². The Kier molecular flexibility index (Phi) is 4.13. The Morgan fingerprint density at radius 2 is 2.15 bits per heavy atom. The Morgan fingerprint density at radius 3 is 2.75 bits per heavy atom. The predicted octanol–water partition coefficient (Wildman–Crippen LogP) is 3.65. The van der Waals surface area contributed by atoms with E-state index in [2.05, 4.69) is 36.5 Å². The fourth-order valence-corrected chi connectivity index (χ4v) is 3.88. The van der Waals surface area contributed by atoms with Gasteiger partial charge in [0.1, 0.15) is 0 Å². The third kappa shape index (κ3) is 2.40. The Hall–Kier alpha value is -0.860. The van der Waals surface area contributed by atoms with Crippen molar-refractivity contribution >= 4 is 0 Å². The van der Waals surface area contributed by atoms with Gasteiger partial charge in [-0.1, -0.05) is 31.2 Å². The highest BCUT2D eigenvalue weighted by Gasteiger charge is 2.45. The fourth-order valence-electron chi connectivity index (χ4n) is 3.88. The molecule has 2 atom stereocenters. The molecule has 0 spiro atoms. The topological polar surface area (TPSA) is 21.3 Å². The van der Waals surface area contributed by atoms with Gasteiger partial charge in [0.25, 0.3) is 0 Å². The summed E-state index contributed by atoms with van der Waals surface area (Å²) in [4.78, 5) is 0. The molecule has 2 nitrogen and oxygen atoms in total. The first-order valence-corrected chi connectivity index (χ1v) is 8.15. The maximum absolute atomic E-state index is 5.93. The molecule has 0 bridgehead atoms. The smallest absolute Gasteiger partial charge is 0.0831 e. The minimum Gasteiger partial charge on any atom is -0.377 e. The van der Waals surface area contributed by atoms with Gasteiger partial charge in [0.05, 0.1) is 5.60 Å². The van der Waals surface area contributed by atoms with Crippen LogP contribution in [-0.2, 0) is 11.2 Å². The van der Waals surface area contributed by atoms with E-state index >= 15 is 0 Å². The number of benzene rings is 1. The molecule has 1 saturated carbocycles. The fraction of sp³-hybridized carbons (Fsp3) is 0.667. The van der Waals surface area contributed by atoms with Gasteiger partial charge < -0.3 is 10.1 Å². The Morgan fingerprint density at radius 1 is 1.35 bits per heavy atom. The molecule has 1 N–H and O–H groups in total. The highest BCUT2D eigenvalue weighted by molar-refractivity contribution is 5.40.